The lowest BCUT2D eigenvalue weighted by molar-refractivity contribution is 0.0779. The molecule has 0 saturated heterocycles. The Morgan fingerprint density at radius 2 is 1.53 bits per heavy atom. The Balaban J connectivity index is 2.09. The van der Waals surface area contributed by atoms with E-state index in [2.05, 4.69) is 27.7 Å². The van der Waals surface area contributed by atoms with E-state index in [4.69, 9.17) is 0 Å². The first-order chi connectivity index (χ1) is 8.01. The molecule has 2 aliphatic carbocycles. The summed E-state index contributed by atoms with van der Waals surface area (Å²) in [5, 5.41) is 0. The van der Waals surface area contributed by atoms with Gasteiger partial charge in [-0.3, -0.25) is 0 Å². The molecule has 2 saturated carbocycles. The second-order valence-electron chi connectivity index (χ2n) is 7.70. The van der Waals surface area contributed by atoms with E-state index in [1.54, 1.807) is 0 Å². The molecule has 0 aliphatic heterocycles. The molecule has 2 aliphatic rings. The Morgan fingerprint density at radius 1 is 0.824 bits per heavy atom. The highest BCUT2D eigenvalue weighted by molar-refractivity contribution is 4.91. The van der Waals surface area contributed by atoms with E-state index in [-0.39, 0.29) is 0 Å². The average Bonchev–Trinajstić information content (AvgIpc) is 2.69. The molecule has 0 aromatic carbocycles. The Morgan fingerprint density at radius 3 is 2.18 bits per heavy atom. The molecule has 0 amide bonds. The summed E-state index contributed by atoms with van der Waals surface area (Å²) in [6.07, 6.45) is 11.9. The molecule has 0 spiro atoms. The number of hydrogen-bond donors (Lipinski definition) is 0. The van der Waals surface area contributed by atoms with Crippen molar-refractivity contribution in [2.45, 2.75) is 79.1 Å². The van der Waals surface area contributed by atoms with E-state index < -0.39 is 0 Å². The predicted octanol–water partition coefficient (Wildman–Crippen LogP) is 5.67. The van der Waals surface area contributed by atoms with Crippen LogP contribution in [0.25, 0.3) is 0 Å². The highest BCUT2D eigenvalue weighted by Crippen LogP contribution is 2.51. The zero-order chi connectivity index (χ0) is 12.5. The Hall–Kier alpha value is 0. The van der Waals surface area contributed by atoms with Crippen LogP contribution in [0, 0.1) is 29.1 Å². The van der Waals surface area contributed by atoms with E-state index in [1.807, 2.05) is 0 Å². The normalized spacial score (nSPS) is 48.7. The van der Waals surface area contributed by atoms with Gasteiger partial charge in [0, 0.05) is 0 Å². The van der Waals surface area contributed by atoms with Gasteiger partial charge in [0.2, 0.25) is 0 Å². The van der Waals surface area contributed by atoms with Gasteiger partial charge in [-0.15, -0.1) is 0 Å². The van der Waals surface area contributed by atoms with Gasteiger partial charge < -0.3 is 0 Å². The van der Waals surface area contributed by atoms with E-state index in [0.717, 1.165) is 23.7 Å². The van der Waals surface area contributed by atoms with Crippen LogP contribution >= 0.6 is 0 Å². The van der Waals surface area contributed by atoms with Crippen molar-refractivity contribution >= 4 is 0 Å². The first kappa shape index (κ1) is 13.4. The van der Waals surface area contributed by atoms with E-state index in [9.17, 15) is 0 Å². The molecule has 4 unspecified atom stereocenters. The molecular weight excluding hydrogens is 204 g/mol. The van der Waals surface area contributed by atoms with Gasteiger partial charge in [0.25, 0.3) is 0 Å². The molecule has 0 radical (unpaired) electrons. The van der Waals surface area contributed by atoms with Gasteiger partial charge in [-0.1, -0.05) is 59.8 Å². The topological polar surface area (TPSA) is 0 Å². The lowest BCUT2D eigenvalue weighted by Gasteiger charge is -2.42. The van der Waals surface area contributed by atoms with Crippen molar-refractivity contribution in [1.29, 1.82) is 0 Å². The molecular formula is C17H32. The summed E-state index contributed by atoms with van der Waals surface area (Å²) in [4.78, 5) is 0. The van der Waals surface area contributed by atoms with Crippen molar-refractivity contribution in [2.24, 2.45) is 29.1 Å². The van der Waals surface area contributed by atoms with Gasteiger partial charge in [-0.05, 0) is 48.3 Å². The number of hydrogen-bond acceptors (Lipinski definition) is 0. The van der Waals surface area contributed by atoms with Crippen molar-refractivity contribution in [1.82, 2.24) is 0 Å². The van der Waals surface area contributed by atoms with Crippen LogP contribution in [0.2, 0.25) is 0 Å². The second kappa shape index (κ2) is 5.33. The SMILES string of the molecule is CC1CC[C@@H](C)CC(C)(C2CCCC2C)CC1. The quantitative estimate of drug-likeness (QED) is 0.550. The third-order valence-electron chi connectivity index (χ3n) is 5.93. The molecule has 5 atom stereocenters. The van der Waals surface area contributed by atoms with Crippen LogP contribution in [-0.4, -0.2) is 0 Å². The van der Waals surface area contributed by atoms with Crippen molar-refractivity contribution < 1.29 is 0 Å². The maximum Gasteiger partial charge on any atom is -0.0292 e. The van der Waals surface area contributed by atoms with Crippen LogP contribution in [0.5, 0.6) is 0 Å². The fourth-order valence-electron chi connectivity index (χ4n) is 4.81. The summed E-state index contributed by atoms with van der Waals surface area (Å²) >= 11 is 0. The first-order valence-electron chi connectivity index (χ1n) is 8.01. The standard InChI is InChI=1S/C17H32/c1-13-8-9-14(2)12-17(4,11-10-13)16-7-5-6-15(16)3/h13-16H,5-12H2,1-4H3/t13?,14-,15?,16?,17?/m1/s1. The van der Waals surface area contributed by atoms with Crippen LogP contribution in [0.15, 0.2) is 0 Å². The van der Waals surface area contributed by atoms with E-state index in [1.165, 1.54) is 51.4 Å². The predicted molar refractivity (Wildman–Crippen MR) is 76.0 cm³/mol. The van der Waals surface area contributed by atoms with Crippen LogP contribution in [0.4, 0.5) is 0 Å². The maximum atomic E-state index is 2.62. The largest absolute Gasteiger partial charge is 0.0625 e. The molecule has 0 heteroatoms. The summed E-state index contributed by atoms with van der Waals surface area (Å²) in [5.41, 5.74) is 0.657. The Labute approximate surface area is 109 Å². The van der Waals surface area contributed by atoms with Gasteiger partial charge in [0.15, 0.2) is 0 Å². The van der Waals surface area contributed by atoms with Gasteiger partial charge >= 0.3 is 0 Å². The first-order valence-corrected chi connectivity index (χ1v) is 8.01. The third kappa shape index (κ3) is 3.06. The summed E-state index contributed by atoms with van der Waals surface area (Å²) in [6, 6.07) is 0. The van der Waals surface area contributed by atoms with Crippen molar-refractivity contribution in [3.63, 3.8) is 0 Å². The van der Waals surface area contributed by atoms with Crippen LogP contribution < -0.4 is 0 Å². The molecule has 0 N–H and O–H groups in total. The molecule has 0 heterocycles. The Bertz CT molecular complexity index is 244. The fraction of sp³-hybridized carbons (Fsp3) is 1.00. The molecule has 0 bridgehead atoms. The summed E-state index contributed by atoms with van der Waals surface area (Å²) in [6.45, 7) is 10.1. The summed E-state index contributed by atoms with van der Waals surface area (Å²) in [5.74, 6) is 3.93. The summed E-state index contributed by atoms with van der Waals surface area (Å²) in [7, 11) is 0. The molecule has 0 aromatic heterocycles. The van der Waals surface area contributed by atoms with E-state index >= 15 is 0 Å². The van der Waals surface area contributed by atoms with Gasteiger partial charge in [0.05, 0.1) is 0 Å². The highest BCUT2D eigenvalue weighted by atomic mass is 14.5. The van der Waals surface area contributed by atoms with Crippen molar-refractivity contribution in [3.05, 3.63) is 0 Å². The van der Waals surface area contributed by atoms with Crippen molar-refractivity contribution in [2.75, 3.05) is 0 Å². The smallest absolute Gasteiger partial charge is 0.0292 e. The maximum absolute atomic E-state index is 2.62. The molecule has 2 rings (SSSR count). The van der Waals surface area contributed by atoms with Gasteiger partial charge in [-0.2, -0.15) is 0 Å². The number of rotatable bonds is 1. The Kier molecular flexibility index (Phi) is 4.21. The van der Waals surface area contributed by atoms with Gasteiger partial charge in [0.1, 0.15) is 0 Å². The third-order valence-corrected chi connectivity index (χ3v) is 5.93. The summed E-state index contributed by atoms with van der Waals surface area (Å²) < 4.78 is 0. The zero-order valence-corrected chi connectivity index (χ0v) is 12.5. The van der Waals surface area contributed by atoms with Crippen LogP contribution in [0.1, 0.15) is 79.1 Å². The van der Waals surface area contributed by atoms with Crippen LogP contribution in [0.3, 0.4) is 0 Å². The molecule has 17 heavy (non-hydrogen) atoms. The molecule has 100 valence electrons. The minimum Gasteiger partial charge on any atom is -0.0625 e. The molecule has 0 aromatic rings. The second-order valence-corrected chi connectivity index (χ2v) is 7.70. The average molecular weight is 236 g/mol. The molecule has 2 fully saturated rings. The minimum absolute atomic E-state index is 0.657. The van der Waals surface area contributed by atoms with Crippen molar-refractivity contribution in [3.8, 4) is 0 Å². The van der Waals surface area contributed by atoms with E-state index in [0.29, 0.717) is 5.41 Å². The molecule has 0 nitrogen and oxygen atoms in total. The van der Waals surface area contributed by atoms with Crippen LogP contribution in [-0.2, 0) is 0 Å². The van der Waals surface area contributed by atoms with Gasteiger partial charge in [-0.25, -0.2) is 0 Å². The lowest BCUT2D eigenvalue weighted by Crippen LogP contribution is -2.33. The minimum atomic E-state index is 0.657. The zero-order valence-electron chi connectivity index (χ0n) is 12.5. The fourth-order valence-corrected chi connectivity index (χ4v) is 4.81. The highest BCUT2D eigenvalue weighted by Gasteiger charge is 2.41. The monoisotopic (exact) mass is 236 g/mol. The lowest BCUT2D eigenvalue weighted by atomic mass is 9.63.